The van der Waals surface area contributed by atoms with E-state index in [0.717, 1.165) is 26.3 Å². The van der Waals surface area contributed by atoms with Crippen molar-refractivity contribution >= 4 is 50.5 Å². The van der Waals surface area contributed by atoms with E-state index in [4.69, 9.17) is 18.3 Å². The average molecular weight is 812 g/mol. The zero-order valence-corrected chi connectivity index (χ0v) is 37.1. The molecule has 1 amide bonds. The third kappa shape index (κ3) is 8.78. The summed E-state index contributed by atoms with van der Waals surface area (Å²) >= 11 is 0. The lowest BCUT2D eigenvalue weighted by Crippen LogP contribution is -2.68. The van der Waals surface area contributed by atoms with E-state index in [1.807, 2.05) is 84.9 Å². The topological polar surface area (TPSA) is 83.1 Å². The zero-order chi connectivity index (χ0) is 41.6. The number of ether oxygens (including phenoxy) is 2. The third-order valence-electron chi connectivity index (χ3n) is 11.8. The molecule has 3 unspecified atom stereocenters. The summed E-state index contributed by atoms with van der Waals surface area (Å²) in [4.78, 5) is 30.4. The minimum atomic E-state index is -2.12. The molecule has 0 heterocycles. The summed E-state index contributed by atoms with van der Waals surface area (Å²) in [6, 6.07) is 46.6. The smallest absolute Gasteiger partial charge is 0.284 e. The number of carbonyl (C=O) groups excluding carboxylic acids is 2. The van der Waals surface area contributed by atoms with E-state index in [-0.39, 0.29) is 49.0 Å². The van der Waals surface area contributed by atoms with Crippen LogP contribution in [0.4, 0.5) is 0 Å². The predicted octanol–water partition coefficient (Wildman–Crippen LogP) is 6.76. The fourth-order valence-corrected chi connectivity index (χ4v) is 13.2. The number of nitrogens with one attached hydrogen (secondary N) is 1. The molecule has 0 spiro atoms. The van der Waals surface area contributed by atoms with Gasteiger partial charge in [-0.3, -0.25) is 9.59 Å². The van der Waals surface area contributed by atoms with Gasteiger partial charge in [0, 0.05) is 36.6 Å². The first-order valence-corrected chi connectivity index (χ1v) is 22.8. The van der Waals surface area contributed by atoms with Crippen molar-refractivity contribution in [1.29, 1.82) is 0 Å². The molecule has 0 aromatic heterocycles. The van der Waals surface area contributed by atoms with Gasteiger partial charge in [-0.2, -0.15) is 0 Å². The highest BCUT2D eigenvalue weighted by Crippen LogP contribution is 2.65. The lowest BCUT2D eigenvalue weighted by atomic mass is 9.50. The van der Waals surface area contributed by atoms with Crippen molar-refractivity contribution in [2.24, 2.45) is 22.2 Å². The van der Waals surface area contributed by atoms with Crippen LogP contribution in [0.3, 0.4) is 0 Å². The van der Waals surface area contributed by atoms with Gasteiger partial charge >= 0.3 is 0 Å². The van der Waals surface area contributed by atoms with Crippen LogP contribution in [0.15, 0.2) is 140 Å². The summed E-state index contributed by atoms with van der Waals surface area (Å²) in [6.07, 6.45) is 0.0747. The van der Waals surface area contributed by atoms with E-state index in [0.29, 0.717) is 11.5 Å². The molecule has 58 heavy (non-hydrogen) atoms. The van der Waals surface area contributed by atoms with Crippen molar-refractivity contribution in [3.63, 3.8) is 0 Å². The van der Waals surface area contributed by atoms with Crippen molar-refractivity contribution in [2.75, 3.05) is 20.8 Å². The fraction of sp³-hybridized carbons (Fsp3) is 0.347. The fourth-order valence-electron chi connectivity index (χ4n) is 8.92. The van der Waals surface area contributed by atoms with Crippen LogP contribution in [0.5, 0.6) is 11.5 Å². The monoisotopic (exact) mass is 811 g/mol. The molecule has 5 aromatic carbocycles. The second-order valence-electron chi connectivity index (χ2n) is 17.2. The van der Waals surface area contributed by atoms with Crippen molar-refractivity contribution in [1.82, 2.24) is 5.32 Å². The van der Waals surface area contributed by atoms with E-state index in [9.17, 15) is 4.79 Å². The molecule has 2 radical (unpaired) electrons. The van der Waals surface area contributed by atoms with Crippen LogP contribution in [0.2, 0.25) is 0 Å². The van der Waals surface area contributed by atoms with Crippen LogP contribution in [0, 0.1) is 22.2 Å². The number of amides is 1. The van der Waals surface area contributed by atoms with Gasteiger partial charge in [-0.05, 0) is 49.6 Å². The highest BCUT2D eigenvalue weighted by Gasteiger charge is 2.73. The number of hydrogen-bond acceptors (Lipinski definition) is 6. The largest absolute Gasteiger partial charge is 0.497 e. The summed E-state index contributed by atoms with van der Waals surface area (Å²) < 4.78 is 26.3. The van der Waals surface area contributed by atoms with Crippen LogP contribution < -0.4 is 35.5 Å². The number of Topliss-reactive ketones (excluding diaryl/α,β-unsaturated/α-hetero) is 1. The van der Waals surface area contributed by atoms with Crippen LogP contribution in [0.25, 0.3) is 0 Å². The Balaban J connectivity index is 1.54. The van der Waals surface area contributed by atoms with Crippen molar-refractivity contribution in [3.8, 4) is 11.5 Å². The number of rotatable bonds is 15. The molecule has 1 aliphatic rings. The standard InChI is InChI=1S/C49H57NO6Si2/c1-46(2,3)43-32-44(51)49(33-45(52)50-34-36-29-30-37(53-7)31-42(36)54-8,56-58(40-25-17-11-18-26-40)41-27-19-12-20-28-41)48(43,47(4,5)6)35-55-57(38-21-13-9-14-22-38)39-23-15-10-16-24-39/h9-31,43H,32-35H2,1-8H3,(H,50,52). The molecule has 0 aliphatic heterocycles. The molecule has 302 valence electrons. The Hall–Kier alpha value is -4.81. The van der Waals surface area contributed by atoms with Gasteiger partial charge in [-0.1, -0.05) is 163 Å². The number of carbonyl (C=O) groups is 2. The Morgan fingerprint density at radius 1 is 0.690 bits per heavy atom. The molecule has 7 nitrogen and oxygen atoms in total. The molecular weight excluding hydrogens is 755 g/mol. The minimum absolute atomic E-state index is 0.0642. The number of methoxy groups -OCH3 is 2. The molecule has 1 N–H and O–H groups in total. The molecule has 0 saturated heterocycles. The molecule has 0 bridgehead atoms. The molecule has 3 atom stereocenters. The molecule has 6 rings (SSSR count). The highest BCUT2D eigenvalue weighted by atomic mass is 28.3. The summed E-state index contributed by atoms with van der Waals surface area (Å²) in [7, 11) is -0.739. The van der Waals surface area contributed by atoms with Gasteiger partial charge in [0.2, 0.25) is 5.91 Å². The van der Waals surface area contributed by atoms with Crippen LogP contribution in [0.1, 0.15) is 59.9 Å². The quantitative estimate of drug-likeness (QED) is 0.118. The second-order valence-corrected chi connectivity index (χ2v) is 21.4. The van der Waals surface area contributed by atoms with Gasteiger partial charge in [-0.15, -0.1) is 0 Å². The number of ketones is 1. The van der Waals surface area contributed by atoms with E-state index in [1.165, 1.54) is 0 Å². The number of hydrogen-bond donors (Lipinski definition) is 1. The van der Waals surface area contributed by atoms with Gasteiger partial charge in [0.1, 0.15) is 17.1 Å². The Morgan fingerprint density at radius 3 is 1.60 bits per heavy atom. The van der Waals surface area contributed by atoms with Gasteiger partial charge in [0.05, 0.1) is 20.6 Å². The maximum atomic E-state index is 15.6. The Bertz CT molecular complexity index is 2040. The van der Waals surface area contributed by atoms with E-state index in [2.05, 4.69) is 95.4 Å². The summed E-state index contributed by atoms with van der Waals surface area (Å²) in [5, 5.41) is 7.39. The maximum Gasteiger partial charge on any atom is 0.284 e. The summed E-state index contributed by atoms with van der Waals surface area (Å²) in [5.41, 5.74) is -2.69. The number of benzene rings is 5. The van der Waals surface area contributed by atoms with Crippen molar-refractivity contribution in [2.45, 2.75) is 66.5 Å². The minimum Gasteiger partial charge on any atom is -0.497 e. The molecule has 1 saturated carbocycles. The Morgan fingerprint density at radius 2 is 1.17 bits per heavy atom. The van der Waals surface area contributed by atoms with E-state index in [1.54, 1.807) is 20.3 Å². The first kappa shape index (κ1) is 42.8. The molecule has 1 fully saturated rings. The SMILES string of the molecule is COc1ccc(CNC(=O)CC2(O[Si](c3ccccc3)c3ccccc3)C(=O)CC(C(C)(C)C)C2(CO[Si](c2ccccc2)c2ccccc2)C(C)(C)C)c(OC)c1. The molecule has 9 heteroatoms. The van der Waals surface area contributed by atoms with Gasteiger partial charge in [0.25, 0.3) is 18.1 Å². The molecule has 5 aromatic rings. The first-order chi connectivity index (χ1) is 27.7. The van der Waals surface area contributed by atoms with Crippen LogP contribution >= 0.6 is 0 Å². The lowest BCUT2D eigenvalue weighted by Gasteiger charge is -2.58. The second kappa shape index (κ2) is 18.0. The lowest BCUT2D eigenvalue weighted by molar-refractivity contribution is -0.177. The average Bonchev–Trinajstić information content (AvgIpc) is 3.48. The maximum absolute atomic E-state index is 15.6. The van der Waals surface area contributed by atoms with Crippen molar-refractivity contribution < 1.29 is 27.9 Å². The van der Waals surface area contributed by atoms with Crippen molar-refractivity contribution in [3.05, 3.63) is 145 Å². The Labute approximate surface area is 348 Å². The van der Waals surface area contributed by atoms with Gasteiger partial charge < -0.3 is 23.6 Å². The zero-order valence-electron chi connectivity index (χ0n) is 35.1. The van der Waals surface area contributed by atoms with Gasteiger partial charge in [-0.25, -0.2) is 0 Å². The van der Waals surface area contributed by atoms with E-state index >= 15 is 4.79 Å². The summed E-state index contributed by atoms with van der Waals surface area (Å²) in [6.45, 7) is 13.6. The normalized spacial score (nSPS) is 19.7. The Kier molecular flexibility index (Phi) is 13.3. The first-order valence-electron chi connectivity index (χ1n) is 20.0. The van der Waals surface area contributed by atoms with Crippen LogP contribution in [-0.2, 0) is 25.0 Å². The van der Waals surface area contributed by atoms with Crippen LogP contribution in [-0.4, -0.2) is 56.2 Å². The highest BCUT2D eigenvalue weighted by molar-refractivity contribution is 6.80. The van der Waals surface area contributed by atoms with E-state index < -0.39 is 34.5 Å². The molecule has 1 aliphatic carbocycles. The third-order valence-corrected chi connectivity index (χ3v) is 16.2. The predicted molar refractivity (Wildman–Crippen MR) is 236 cm³/mol. The van der Waals surface area contributed by atoms with Gasteiger partial charge in [0.15, 0.2) is 5.78 Å². The molecular formula is C49H57NO6Si2. The summed E-state index contributed by atoms with van der Waals surface area (Å²) in [5.74, 6) is 0.705.